The third-order valence-corrected chi connectivity index (χ3v) is 2.88. The second kappa shape index (κ2) is 6.65. The first-order valence-electron chi connectivity index (χ1n) is 6.55. The maximum atomic E-state index is 12.2. The Morgan fingerprint density at radius 2 is 2.00 bits per heavy atom. The van der Waals surface area contributed by atoms with E-state index in [0.29, 0.717) is 12.2 Å². The van der Waals surface area contributed by atoms with Gasteiger partial charge in [0, 0.05) is 32.5 Å². The van der Waals surface area contributed by atoms with Gasteiger partial charge in [-0.05, 0) is 36.8 Å². The molecule has 0 aliphatic rings. The average molecular weight is 270 g/mol. The quantitative estimate of drug-likeness (QED) is 0.904. The number of aromatic nitrogens is 2. The first-order chi connectivity index (χ1) is 9.70. The van der Waals surface area contributed by atoms with Crippen LogP contribution in [0.5, 0.6) is 0 Å². The van der Waals surface area contributed by atoms with Gasteiger partial charge < -0.3 is 10.2 Å². The first-order valence-corrected chi connectivity index (χ1v) is 6.55. The molecule has 0 aromatic carbocycles. The fraction of sp³-hybridized carbons (Fsp3) is 0.267. The summed E-state index contributed by atoms with van der Waals surface area (Å²) in [5.74, 6) is -0.0927. The summed E-state index contributed by atoms with van der Waals surface area (Å²) in [6, 6.07) is 7.39. The highest BCUT2D eigenvalue weighted by atomic mass is 16.2. The zero-order valence-electron chi connectivity index (χ0n) is 11.7. The lowest BCUT2D eigenvalue weighted by atomic mass is 10.2. The van der Waals surface area contributed by atoms with Gasteiger partial charge in [-0.3, -0.25) is 9.78 Å². The number of hydrogen-bond acceptors (Lipinski definition) is 4. The Hall–Kier alpha value is -2.43. The van der Waals surface area contributed by atoms with Crippen LogP contribution in [0.1, 0.15) is 23.0 Å². The van der Waals surface area contributed by atoms with E-state index in [1.165, 1.54) is 0 Å². The van der Waals surface area contributed by atoms with Crippen LogP contribution in [-0.2, 0) is 6.54 Å². The Morgan fingerprint density at radius 3 is 2.60 bits per heavy atom. The molecule has 0 atom stereocenters. The van der Waals surface area contributed by atoms with Gasteiger partial charge in [-0.2, -0.15) is 0 Å². The predicted octanol–water partition coefficient (Wildman–Crippen LogP) is 2.18. The Balaban J connectivity index is 2.03. The van der Waals surface area contributed by atoms with Gasteiger partial charge >= 0.3 is 0 Å². The number of amides is 1. The molecule has 5 nitrogen and oxygen atoms in total. The van der Waals surface area contributed by atoms with Crippen LogP contribution in [0.2, 0.25) is 0 Å². The molecule has 0 saturated carbocycles. The molecular formula is C15H18N4O. The maximum Gasteiger partial charge on any atom is 0.272 e. The molecule has 0 saturated heterocycles. The standard InChI is InChI=1S/C15H18N4O/c1-3-17-13-4-5-14(18-10-13)15(20)19(2)11-12-6-8-16-9-7-12/h4-10,17H,3,11H2,1-2H3. The van der Waals surface area contributed by atoms with E-state index >= 15 is 0 Å². The molecule has 0 aliphatic carbocycles. The number of pyridine rings is 2. The number of carbonyl (C=O) groups excluding carboxylic acids is 1. The number of anilines is 1. The van der Waals surface area contributed by atoms with Gasteiger partial charge in [0.25, 0.3) is 5.91 Å². The molecule has 0 radical (unpaired) electrons. The number of nitrogens with one attached hydrogen (secondary N) is 1. The third kappa shape index (κ3) is 3.54. The smallest absolute Gasteiger partial charge is 0.272 e. The van der Waals surface area contributed by atoms with E-state index < -0.39 is 0 Å². The minimum absolute atomic E-state index is 0.0927. The van der Waals surface area contributed by atoms with Crippen molar-refractivity contribution < 1.29 is 4.79 Å². The van der Waals surface area contributed by atoms with Gasteiger partial charge in [0.15, 0.2) is 0 Å². The van der Waals surface area contributed by atoms with Crippen molar-refractivity contribution in [3.05, 3.63) is 54.1 Å². The van der Waals surface area contributed by atoms with Crippen LogP contribution < -0.4 is 5.32 Å². The van der Waals surface area contributed by atoms with Crippen molar-refractivity contribution in [3.8, 4) is 0 Å². The highest BCUT2D eigenvalue weighted by Gasteiger charge is 2.13. The maximum absolute atomic E-state index is 12.2. The molecular weight excluding hydrogens is 252 g/mol. The summed E-state index contributed by atoms with van der Waals surface area (Å²) in [6.45, 7) is 3.39. The highest BCUT2D eigenvalue weighted by molar-refractivity contribution is 5.92. The third-order valence-electron chi connectivity index (χ3n) is 2.88. The normalized spacial score (nSPS) is 10.1. The van der Waals surface area contributed by atoms with Crippen LogP contribution in [-0.4, -0.2) is 34.4 Å². The fourth-order valence-corrected chi connectivity index (χ4v) is 1.86. The summed E-state index contributed by atoms with van der Waals surface area (Å²) in [5, 5.41) is 3.15. The van der Waals surface area contributed by atoms with Crippen molar-refractivity contribution >= 4 is 11.6 Å². The molecule has 1 N–H and O–H groups in total. The van der Waals surface area contributed by atoms with Crippen LogP contribution in [0.4, 0.5) is 5.69 Å². The molecule has 0 bridgehead atoms. The van der Waals surface area contributed by atoms with Crippen LogP contribution >= 0.6 is 0 Å². The highest BCUT2D eigenvalue weighted by Crippen LogP contribution is 2.09. The molecule has 2 aromatic heterocycles. The lowest BCUT2D eigenvalue weighted by molar-refractivity contribution is 0.0779. The Labute approximate surface area is 118 Å². The number of carbonyl (C=O) groups is 1. The molecule has 0 fully saturated rings. The SMILES string of the molecule is CCNc1ccc(C(=O)N(C)Cc2ccncc2)nc1. The van der Waals surface area contributed by atoms with Crippen molar-refractivity contribution in [1.82, 2.24) is 14.9 Å². The van der Waals surface area contributed by atoms with E-state index in [1.807, 2.05) is 25.1 Å². The van der Waals surface area contributed by atoms with E-state index in [1.54, 1.807) is 36.6 Å². The van der Waals surface area contributed by atoms with Crippen LogP contribution in [0.25, 0.3) is 0 Å². The summed E-state index contributed by atoms with van der Waals surface area (Å²) in [6.07, 6.45) is 5.12. The minimum atomic E-state index is -0.0927. The molecule has 20 heavy (non-hydrogen) atoms. The monoisotopic (exact) mass is 270 g/mol. The number of rotatable bonds is 5. The van der Waals surface area contributed by atoms with E-state index in [0.717, 1.165) is 17.8 Å². The topological polar surface area (TPSA) is 58.1 Å². The molecule has 0 aliphatic heterocycles. The number of nitrogens with zero attached hydrogens (tertiary/aromatic N) is 3. The van der Waals surface area contributed by atoms with Crippen LogP contribution in [0, 0.1) is 0 Å². The van der Waals surface area contributed by atoms with Gasteiger partial charge in [-0.15, -0.1) is 0 Å². The Morgan fingerprint density at radius 1 is 1.25 bits per heavy atom. The lowest BCUT2D eigenvalue weighted by Crippen LogP contribution is -2.27. The van der Waals surface area contributed by atoms with Crippen molar-refractivity contribution in [1.29, 1.82) is 0 Å². The van der Waals surface area contributed by atoms with Gasteiger partial charge in [0.1, 0.15) is 5.69 Å². The van der Waals surface area contributed by atoms with Crippen molar-refractivity contribution in [2.75, 3.05) is 18.9 Å². The predicted molar refractivity (Wildman–Crippen MR) is 78.4 cm³/mol. The first kappa shape index (κ1) is 14.0. The fourth-order valence-electron chi connectivity index (χ4n) is 1.86. The average Bonchev–Trinajstić information content (AvgIpc) is 2.48. The summed E-state index contributed by atoms with van der Waals surface area (Å²) in [7, 11) is 1.77. The molecule has 2 heterocycles. The number of hydrogen-bond donors (Lipinski definition) is 1. The van der Waals surface area contributed by atoms with Crippen molar-refractivity contribution in [2.45, 2.75) is 13.5 Å². The lowest BCUT2D eigenvalue weighted by Gasteiger charge is -2.16. The minimum Gasteiger partial charge on any atom is -0.384 e. The molecule has 2 aromatic rings. The van der Waals surface area contributed by atoms with E-state index in [9.17, 15) is 4.79 Å². The van der Waals surface area contributed by atoms with Gasteiger partial charge in [-0.25, -0.2) is 4.98 Å². The second-order valence-corrected chi connectivity index (χ2v) is 4.48. The molecule has 104 valence electrons. The van der Waals surface area contributed by atoms with Gasteiger partial charge in [0.05, 0.1) is 11.9 Å². The zero-order valence-corrected chi connectivity index (χ0v) is 11.7. The van der Waals surface area contributed by atoms with Crippen LogP contribution in [0.3, 0.4) is 0 Å². The summed E-state index contributed by atoms with van der Waals surface area (Å²) in [4.78, 5) is 22.0. The Bertz CT molecular complexity index is 554. The summed E-state index contributed by atoms with van der Waals surface area (Å²) < 4.78 is 0. The molecule has 2 rings (SSSR count). The summed E-state index contributed by atoms with van der Waals surface area (Å²) >= 11 is 0. The molecule has 1 amide bonds. The van der Waals surface area contributed by atoms with E-state index in [-0.39, 0.29) is 5.91 Å². The van der Waals surface area contributed by atoms with Gasteiger partial charge in [0.2, 0.25) is 0 Å². The van der Waals surface area contributed by atoms with Crippen molar-refractivity contribution in [3.63, 3.8) is 0 Å². The van der Waals surface area contributed by atoms with Crippen LogP contribution in [0.15, 0.2) is 42.9 Å². The van der Waals surface area contributed by atoms with E-state index in [4.69, 9.17) is 0 Å². The van der Waals surface area contributed by atoms with Gasteiger partial charge in [-0.1, -0.05) is 0 Å². The zero-order chi connectivity index (χ0) is 14.4. The summed E-state index contributed by atoms with van der Waals surface area (Å²) in [5.41, 5.74) is 2.41. The van der Waals surface area contributed by atoms with E-state index in [2.05, 4.69) is 15.3 Å². The molecule has 5 heteroatoms. The second-order valence-electron chi connectivity index (χ2n) is 4.48. The Kier molecular flexibility index (Phi) is 4.65. The molecule has 0 spiro atoms. The largest absolute Gasteiger partial charge is 0.384 e. The molecule has 0 unspecified atom stereocenters. The van der Waals surface area contributed by atoms with Crippen molar-refractivity contribution in [2.24, 2.45) is 0 Å².